The summed E-state index contributed by atoms with van der Waals surface area (Å²) in [5, 5.41) is 2.82. The molecule has 0 saturated heterocycles. The highest BCUT2D eigenvalue weighted by atomic mass is 79.9. The van der Waals surface area contributed by atoms with Crippen molar-refractivity contribution in [3.63, 3.8) is 0 Å². The lowest BCUT2D eigenvalue weighted by atomic mass is 9.98. The molecule has 0 radical (unpaired) electrons. The van der Waals surface area contributed by atoms with Crippen LogP contribution in [0.25, 0.3) is 17.2 Å². The number of carbonyl (C=O) groups is 1. The van der Waals surface area contributed by atoms with Crippen LogP contribution in [0.15, 0.2) is 71.2 Å². The first kappa shape index (κ1) is 20.4. The van der Waals surface area contributed by atoms with Gasteiger partial charge in [-0.05, 0) is 64.9 Å². The van der Waals surface area contributed by atoms with Crippen LogP contribution in [0.2, 0.25) is 0 Å². The number of alkyl carbamates (subject to hydrolysis) is 1. The molecule has 0 saturated carbocycles. The predicted molar refractivity (Wildman–Crippen MR) is 126 cm³/mol. The van der Waals surface area contributed by atoms with Crippen molar-refractivity contribution in [2.24, 2.45) is 0 Å². The lowest BCUT2D eigenvalue weighted by Crippen LogP contribution is -2.26. The van der Waals surface area contributed by atoms with Crippen molar-refractivity contribution in [1.82, 2.24) is 5.32 Å². The van der Waals surface area contributed by atoms with Crippen molar-refractivity contribution < 1.29 is 9.53 Å². The van der Waals surface area contributed by atoms with E-state index < -0.39 is 6.09 Å². The molecule has 3 aromatic rings. The molecule has 0 aliphatic heterocycles. The zero-order chi connectivity index (χ0) is 21.1. The van der Waals surface area contributed by atoms with Gasteiger partial charge in [0, 0.05) is 16.9 Å². The predicted octanol–water partition coefficient (Wildman–Crippen LogP) is 6.62. The number of halogens is 1. The van der Waals surface area contributed by atoms with Gasteiger partial charge in [0.1, 0.15) is 6.61 Å². The number of fused-ring (bicyclic) bond motifs is 3. The number of nitrogens with one attached hydrogen (secondary N) is 1. The summed E-state index contributed by atoms with van der Waals surface area (Å²) in [6.07, 6.45) is 3.59. The highest BCUT2D eigenvalue weighted by molar-refractivity contribution is 9.10. The molecular weight excluding hydrogens is 438 g/mol. The van der Waals surface area contributed by atoms with Crippen LogP contribution < -0.4 is 5.32 Å². The molecular formula is C26H24BrNO2. The maximum absolute atomic E-state index is 12.2. The van der Waals surface area contributed by atoms with E-state index >= 15 is 0 Å². The Balaban J connectivity index is 1.35. The molecule has 3 aromatic carbocycles. The minimum absolute atomic E-state index is 0.0757. The molecule has 1 amide bonds. The lowest BCUT2D eigenvalue weighted by Gasteiger charge is -2.14. The zero-order valence-electron chi connectivity index (χ0n) is 17.1. The molecule has 1 aliphatic carbocycles. The fourth-order valence-corrected chi connectivity index (χ4v) is 4.84. The standard InChI is InChI=1S/C26H24BrNO2/c1-17-14-19(27)15-18(2)20(17)12-7-13-28-26(29)30-16-25-23-10-5-3-8-21(23)22-9-4-6-11-24(22)25/h3-12,14-15,25H,13,16H2,1-2H3,(H,28,29). The summed E-state index contributed by atoms with van der Waals surface area (Å²) in [6.45, 7) is 4.91. The van der Waals surface area contributed by atoms with Gasteiger partial charge in [0.15, 0.2) is 0 Å². The Labute approximate surface area is 185 Å². The van der Waals surface area contributed by atoms with Crippen LogP contribution in [0.1, 0.15) is 33.7 Å². The number of rotatable bonds is 5. The number of ether oxygens (including phenoxy) is 1. The van der Waals surface area contributed by atoms with E-state index in [2.05, 4.69) is 71.5 Å². The van der Waals surface area contributed by atoms with E-state index in [-0.39, 0.29) is 5.92 Å². The summed E-state index contributed by atoms with van der Waals surface area (Å²) < 4.78 is 6.64. The van der Waals surface area contributed by atoms with Crippen molar-refractivity contribution in [2.75, 3.05) is 13.2 Å². The molecule has 0 unspecified atom stereocenters. The van der Waals surface area contributed by atoms with Gasteiger partial charge in [-0.3, -0.25) is 0 Å². The molecule has 0 spiro atoms. The normalized spacial score (nSPS) is 12.6. The van der Waals surface area contributed by atoms with Gasteiger partial charge in [-0.2, -0.15) is 0 Å². The molecule has 0 aromatic heterocycles. The van der Waals surface area contributed by atoms with Gasteiger partial charge in [0.25, 0.3) is 0 Å². The molecule has 152 valence electrons. The van der Waals surface area contributed by atoms with E-state index in [4.69, 9.17) is 4.74 Å². The van der Waals surface area contributed by atoms with Crippen LogP contribution in [0.3, 0.4) is 0 Å². The first-order valence-corrected chi connectivity index (χ1v) is 10.9. The van der Waals surface area contributed by atoms with E-state index in [1.807, 2.05) is 36.4 Å². The van der Waals surface area contributed by atoms with Gasteiger partial charge in [0.2, 0.25) is 0 Å². The topological polar surface area (TPSA) is 38.3 Å². The van der Waals surface area contributed by atoms with Crippen LogP contribution in [-0.4, -0.2) is 19.2 Å². The summed E-state index contributed by atoms with van der Waals surface area (Å²) in [7, 11) is 0. The van der Waals surface area contributed by atoms with Crippen molar-refractivity contribution in [3.05, 3.63) is 99.0 Å². The number of amides is 1. The monoisotopic (exact) mass is 461 g/mol. The quantitative estimate of drug-likeness (QED) is 0.463. The number of aryl methyl sites for hydroxylation is 2. The van der Waals surface area contributed by atoms with Crippen LogP contribution >= 0.6 is 15.9 Å². The van der Waals surface area contributed by atoms with Crippen molar-refractivity contribution >= 4 is 28.1 Å². The second-order valence-corrected chi connectivity index (χ2v) is 8.48. The summed E-state index contributed by atoms with van der Waals surface area (Å²) in [5.74, 6) is 0.0757. The first-order valence-electron chi connectivity index (χ1n) is 10.1. The lowest BCUT2D eigenvalue weighted by molar-refractivity contribution is 0.144. The van der Waals surface area contributed by atoms with E-state index in [9.17, 15) is 4.79 Å². The second kappa shape index (κ2) is 8.88. The Morgan fingerprint density at radius 1 is 1.00 bits per heavy atom. The third-order valence-electron chi connectivity index (χ3n) is 5.55. The Kier molecular flexibility index (Phi) is 6.05. The molecule has 0 bridgehead atoms. The maximum atomic E-state index is 12.2. The van der Waals surface area contributed by atoms with E-state index in [1.165, 1.54) is 38.9 Å². The maximum Gasteiger partial charge on any atom is 0.407 e. The van der Waals surface area contributed by atoms with E-state index in [0.29, 0.717) is 13.2 Å². The van der Waals surface area contributed by atoms with Gasteiger partial charge in [-0.15, -0.1) is 0 Å². The number of hydrogen-bond donors (Lipinski definition) is 1. The molecule has 0 fully saturated rings. The minimum Gasteiger partial charge on any atom is -0.449 e. The Hall–Kier alpha value is -2.85. The molecule has 4 rings (SSSR count). The fraction of sp³-hybridized carbons (Fsp3) is 0.192. The third kappa shape index (κ3) is 4.19. The fourth-order valence-electron chi connectivity index (χ4n) is 4.15. The van der Waals surface area contributed by atoms with E-state index in [0.717, 1.165) is 4.47 Å². The van der Waals surface area contributed by atoms with Crippen LogP contribution in [0.5, 0.6) is 0 Å². The average Bonchev–Trinajstić information content (AvgIpc) is 3.05. The molecule has 4 heteroatoms. The Morgan fingerprint density at radius 2 is 1.57 bits per heavy atom. The van der Waals surface area contributed by atoms with E-state index in [1.54, 1.807) is 0 Å². The SMILES string of the molecule is Cc1cc(Br)cc(C)c1C=CCNC(=O)OCC1c2ccccc2-c2ccccc21. The smallest absolute Gasteiger partial charge is 0.407 e. The van der Waals surface area contributed by atoms with Crippen molar-refractivity contribution in [3.8, 4) is 11.1 Å². The number of benzene rings is 3. The van der Waals surface area contributed by atoms with Crippen LogP contribution in [-0.2, 0) is 4.74 Å². The zero-order valence-corrected chi connectivity index (χ0v) is 18.7. The Bertz CT molecular complexity index is 1050. The highest BCUT2D eigenvalue weighted by Gasteiger charge is 2.28. The van der Waals surface area contributed by atoms with Crippen molar-refractivity contribution in [1.29, 1.82) is 0 Å². The summed E-state index contributed by atoms with van der Waals surface area (Å²) in [6, 6.07) is 20.8. The van der Waals surface area contributed by atoms with Crippen LogP contribution in [0.4, 0.5) is 4.79 Å². The molecule has 3 nitrogen and oxygen atoms in total. The van der Waals surface area contributed by atoms with Crippen molar-refractivity contribution in [2.45, 2.75) is 19.8 Å². The van der Waals surface area contributed by atoms with Gasteiger partial charge in [-0.25, -0.2) is 4.79 Å². The number of hydrogen-bond acceptors (Lipinski definition) is 2. The van der Waals surface area contributed by atoms with Crippen LogP contribution in [0, 0.1) is 13.8 Å². The molecule has 1 N–H and O–H groups in total. The minimum atomic E-state index is -0.397. The molecule has 1 aliphatic rings. The second-order valence-electron chi connectivity index (χ2n) is 7.56. The highest BCUT2D eigenvalue weighted by Crippen LogP contribution is 2.44. The first-order chi connectivity index (χ1) is 14.5. The largest absolute Gasteiger partial charge is 0.449 e. The summed E-state index contributed by atoms with van der Waals surface area (Å²) in [4.78, 5) is 12.2. The van der Waals surface area contributed by atoms with Gasteiger partial charge in [-0.1, -0.05) is 76.6 Å². The van der Waals surface area contributed by atoms with Gasteiger partial charge < -0.3 is 10.1 Å². The summed E-state index contributed by atoms with van der Waals surface area (Å²) >= 11 is 3.52. The Morgan fingerprint density at radius 3 is 2.17 bits per heavy atom. The third-order valence-corrected chi connectivity index (χ3v) is 6.01. The molecule has 0 atom stereocenters. The van der Waals surface area contributed by atoms with Gasteiger partial charge >= 0.3 is 6.09 Å². The van der Waals surface area contributed by atoms with Gasteiger partial charge in [0.05, 0.1) is 0 Å². The molecule has 30 heavy (non-hydrogen) atoms. The summed E-state index contributed by atoms with van der Waals surface area (Å²) in [5.41, 5.74) is 8.45. The number of carbonyl (C=O) groups excluding carboxylic acids is 1. The average molecular weight is 462 g/mol. The molecule has 0 heterocycles.